The zero-order valence-corrected chi connectivity index (χ0v) is 15.9. The molecule has 0 saturated carbocycles. The van der Waals surface area contributed by atoms with Crippen LogP contribution in [0.15, 0.2) is 54.9 Å². The third-order valence-electron chi connectivity index (χ3n) is 4.46. The maximum Gasteiger partial charge on any atom is 0.253 e. The SMILES string of the molecule is O=C(CCCCCNC(=O)c1ccccc1Nc1ncnc2ccccc12)NO. The molecule has 0 saturated heterocycles. The van der Waals surface area contributed by atoms with E-state index in [1.54, 1.807) is 11.5 Å². The molecule has 0 fully saturated rings. The lowest BCUT2D eigenvalue weighted by Gasteiger charge is -2.13. The fourth-order valence-electron chi connectivity index (χ4n) is 2.96. The molecule has 2 aromatic carbocycles. The van der Waals surface area contributed by atoms with E-state index in [1.165, 1.54) is 6.33 Å². The molecule has 8 heteroatoms. The van der Waals surface area contributed by atoms with Crippen molar-refractivity contribution >= 4 is 34.2 Å². The Morgan fingerprint density at radius 3 is 2.59 bits per heavy atom. The van der Waals surface area contributed by atoms with Crippen LogP contribution < -0.4 is 16.1 Å². The molecule has 150 valence electrons. The van der Waals surface area contributed by atoms with Gasteiger partial charge in [0.05, 0.1) is 16.8 Å². The lowest BCUT2D eigenvalue weighted by molar-refractivity contribution is -0.129. The molecular formula is C21H23N5O3. The van der Waals surface area contributed by atoms with Crippen LogP contribution in [0.4, 0.5) is 11.5 Å². The number of carbonyl (C=O) groups is 2. The average molecular weight is 393 g/mol. The number of aromatic nitrogens is 2. The summed E-state index contributed by atoms with van der Waals surface area (Å²) in [5, 5.41) is 15.5. The van der Waals surface area contributed by atoms with E-state index in [-0.39, 0.29) is 12.3 Å². The van der Waals surface area contributed by atoms with E-state index >= 15 is 0 Å². The number of hydrogen-bond acceptors (Lipinski definition) is 6. The molecule has 1 aromatic heterocycles. The Morgan fingerprint density at radius 1 is 0.931 bits per heavy atom. The summed E-state index contributed by atoms with van der Waals surface area (Å²) in [6.45, 7) is 0.504. The van der Waals surface area contributed by atoms with Crippen LogP contribution in [-0.4, -0.2) is 33.5 Å². The Labute approximate surface area is 168 Å². The second kappa shape index (κ2) is 10.1. The van der Waals surface area contributed by atoms with Gasteiger partial charge in [-0.3, -0.25) is 14.8 Å². The van der Waals surface area contributed by atoms with Crippen molar-refractivity contribution in [3.63, 3.8) is 0 Å². The number of fused-ring (bicyclic) bond motifs is 1. The van der Waals surface area contributed by atoms with Crippen LogP contribution in [0.5, 0.6) is 0 Å². The molecule has 29 heavy (non-hydrogen) atoms. The number of para-hydroxylation sites is 2. The van der Waals surface area contributed by atoms with Gasteiger partial charge in [-0.2, -0.15) is 0 Å². The van der Waals surface area contributed by atoms with Gasteiger partial charge < -0.3 is 10.6 Å². The van der Waals surface area contributed by atoms with E-state index in [2.05, 4.69) is 20.6 Å². The maximum atomic E-state index is 12.6. The number of amides is 2. The Morgan fingerprint density at radius 2 is 1.72 bits per heavy atom. The number of hydrogen-bond donors (Lipinski definition) is 4. The first-order valence-electron chi connectivity index (χ1n) is 9.46. The summed E-state index contributed by atoms with van der Waals surface area (Å²) >= 11 is 0. The van der Waals surface area contributed by atoms with E-state index in [4.69, 9.17) is 5.21 Å². The molecule has 4 N–H and O–H groups in total. The van der Waals surface area contributed by atoms with E-state index in [0.717, 1.165) is 23.7 Å². The van der Waals surface area contributed by atoms with Crippen LogP contribution in [-0.2, 0) is 4.79 Å². The number of rotatable bonds is 9. The van der Waals surface area contributed by atoms with E-state index < -0.39 is 5.91 Å². The van der Waals surface area contributed by atoms with Gasteiger partial charge in [-0.25, -0.2) is 15.4 Å². The van der Waals surface area contributed by atoms with Crippen LogP contribution in [0.2, 0.25) is 0 Å². The van der Waals surface area contributed by atoms with Gasteiger partial charge in [0.2, 0.25) is 5.91 Å². The van der Waals surface area contributed by atoms with Crippen molar-refractivity contribution in [3.05, 3.63) is 60.4 Å². The number of benzene rings is 2. The molecule has 0 aliphatic heterocycles. The molecule has 0 spiro atoms. The summed E-state index contributed by atoms with van der Waals surface area (Å²) in [4.78, 5) is 32.2. The van der Waals surface area contributed by atoms with Crippen molar-refractivity contribution in [3.8, 4) is 0 Å². The first kappa shape index (κ1) is 20.2. The number of anilines is 2. The summed E-state index contributed by atoms with van der Waals surface area (Å²) < 4.78 is 0. The van der Waals surface area contributed by atoms with Crippen LogP contribution in [0, 0.1) is 0 Å². The Hall–Kier alpha value is -3.52. The van der Waals surface area contributed by atoms with Crippen molar-refractivity contribution in [2.75, 3.05) is 11.9 Å². The summed E-state index contributed by atoms with van der Waals surface area (Å²) in [6, 6.07) is 14.9. The molecule has 0 unspecified atom stereocenters. The molecule has 3 rings (SSSR count). The van der Waals surface area contributed by atoms with Crippen molar-refractivity contribution in [2.24, 2.45) is 0 Å². The highest BCUT2D eigenvalue weighted by Gasteiger charge is 2.12. The van der Waals surface area contributed by atoms with Crippen molar-refractivity contribution in [2.45, 2.75) is 25.7 Å². The predicted molar refractivity (Wildman–Crippen MR) is 110 cm³/mol. The van der Waals surface area contributed by atoms with Crippen LogP contribution in [0.25, 0.3) is 10.9 Å². The smallest absolute Gasteiger partial charge is 0.253 e. The van der Waals surface area contributed by atoms with E-state index in [9.17, 15) is 9.59 Å². The molecule has 0 aliphatic carbocycles. The maximum absolute atomic E-state index is 12.6. The fraction of sp³-hybridized carbons (Fsp3) is 0.238. The van der Waals surface area contributed by atoms with Gasteiger partial charge >= 0.3 is 0 Å². The summed E-state index contributed by atoms with van der Waals surface area (Å²) in [6.07, 6.45) is 3.94. The normalized spacial score (nSPS) is 10.5. The first-order chi connectivity index (χ1) is 14.2. The number of nitrogens with zero attached hydrogens (tertiary/aromatic N) is 2. The van der Waals surface area contributed by atoms with Crippen LogP contribution in [0.3, 0.4) is 0 Å². The summed E-state index contributed by atoms with van der Waals surface area (Å²) in [7, 11) is 0. The molecule has 1 heterocycles. The van der Waals surface area contributed by atoms with Gasteiger partial charge in [-0.05, 0) is 37.1 Å². The van der Waals surface area contributed by atoms with Gasteiger partial charge in [0.15, 0.2) is 0 Å². The monoisotopic (exact) mass is 393 g/mol. The fourth-order valence-corrected chi connectivity index (χ4v) is 2.96. The molecule has 3 aromatic rings. The van der Waals surface area contributed by atoms with E-state index in [0.29, 0.717) is 30.0 Å². The molecule has 2 amide bonds. The molecule has 0 aliphatic rings. The minimum Gasteiger partial charge on any atom is -0.352 e. The minimum absolute atomic E-state index is 0.181. The van der Waals surface area contributed by atoms with Crippen molar-refractivity contribution in [1.82, 2.24) is 20.8 Å². The number of carbonyl (C=O) groups excluding carboxylic acids is 2. The second-order valence-corrected chi connectivity index (χ2v) is 6.51. The Kier molecular flexibility index (Phi) is 7.07. The first-order valence-corrected chi connectivity index (χ1v) is 9.46. The topological polar surface area (TPSA) is 116 Å². The summed E-state index contributed by atoms with van der Waals surface area (Å²) in [5.74, 6) is 0.0591. The average Bonchev–Trinajstić information content (AvgIpc) is 2.76. The molecule has 8 nitrogen and oxygen atoms in total. The molecular weight excluding hydrogens is 370 g/mol. The highest BCUT2D eigenvalue weighted by Crippen LogP contribution is 2.24. The number of nitrogens with one attached hydrogen (secondary N) is 3. The van der Waals surface area contributed by atoms with Crippen LogP contribution in [0.1, 0.15) is 36.0 Å². The zero-order valence-electron chi connectivity index (χ0n) is 15.9. The highest BCUT2D eigenvalue weighted by molar-refractivity contribution is 6.01. The van der Waals surface area contributed by atoms with Crippen molar-refractivity contribution in [1.29, 1.82) is 0 Å². The van der Waals surface area contributed by atoms with Gasteiger partial charge in [0.25, 0.3) is 5.91 Å². The molecule has 0 bridgehead atoms. The van der Waals surface area contributed by atoms with Crippen LogP contribution >= 0.6 is 0 Å². The van der Waals surface area contributed by atoms with Gasteiger partial charge in [-0.1, -0.05) is 30.7 Å². The number of unbranched alkanes of at least 4 members (excludes halogenated alkanes) is 2. The number of hydroxylamine groups is 1. The predicted octanol–water partition coefficient (Wildman–Crippen LogP) is 3.17. The van der Waals surface area contributed by atoms with Gasteiger partial charge in [-0.15, -0.1) is 0 Å². The largest absolute Gasteiger partial charge is 0.352 e. The summed E-state index contributed by atoms with van der Waals surface area (Å²) in [5.41, 5.74) is 3.61. The van der Waals surface area contributed by atoms with Crippen molar-refractivity contribution < 1.29 is 14.8 Å². The van der Waals surface area contributed by atoms with E-state index in [1.807, 2.05) is 42.5 Å². The van der Waals surface area contributed by atoms with Gasteiger partial charge in [0, 0.05) is 18.4 Å². The molecule has 0 atom stereocenters. The third-order valence-corrected chi connectivity index (χ3v) is 4.46. The molecule has 0 radical (unpaired) electrons. The third kappa shape index (κ3) is 5.49. The lowest BCUT2D eigenvalue weighted by atomic mass is 10.1. The highest BCUT2D eigenvalue weighted by atomic mass is 16.5. The minimum atomic E-state index is -0.397. The standard InChI is InChI=1S/C21H23N5O3/c27-19(26-29)12-2-1-7-13-22-21(28)16-9-4-6-11-18(16)25-20-15-8-3-5-10-17(15)23-14-24-20/h3-6,8-11,14,29H,1-2,7,12-13H2,(H,22,28)(H,26,27)(H,23,24,25). The Bertz CT molecular complexity index is 987. The van der Waals surface area contributed by atoms with Gasteiger partial charge in [0.1, 0.15) is 12.1 Å². The zero-order chi connectivity index (χ0) is 20.5. The quantitative estimate of drug-likeness (QED) is 0.252. The second-order valence-electron chi connectivity index (χ2n) is 6.51. The Balaban J connectivity index is 1.61. The lowest BCUT2D eigenvalue weighted by Crippen LogP contribution is -2.25.